The molecule has 0 bridgehead atoms. The lowest BCUT2D eigenvalue weighted by molar-refractivity contribution is -0.128. The van der Waals surface area contributed by atoms with Crippen LogP contribution in [0.4, 0.5) is 4.39 Å². The molecule has 3 nitrogen and oxygen atoms in total. The Labute approximate surface area is 112 Å². The van der Waals surface area contributed by atoms with Gasteiger partial charge in [0, 0.05) is 19.6 Å². The number of nitrogens with one attached hydrogen (secondary N) is 1. The average Bonchev–Trinajstić information content (AvgIpc) is 2.37. The molecule has 0 saturated heterocycles. The van der Waals surface area contributed by atoms with Crippen molar-refractivity contribution in [3.8, 4) is 0 Å². The summed E-state index contributed by atoms with van der Waals surface area (Å²) in [5.74, 6) is -0.432. The van der Waals surface area contributed by atoms with Gasteiger partial charge in [0.15, 0.2) is 0 Å². The Balaban J connectivity index is 2.57. The number of carbonyl (C=O) groups excluding carboxylic acids is 1. The third-order valence-corrected chi connectivity index (χ3v) is 3.21. The zero-order chi connectivity index (χ0) is 13.7. The number of halogens is 2. The third-order valence-electron chi connectivity index (χ3n) is 2.90. The van der Waals surface area contributed by atoms with Gasteiger partial charge in [-0.05, 0) is 31.5 Å². The number of benzene rings is 1. The predicted molar refractivity (Wildman–Crippen MR) is 71.1 cm³/mol. The highest BCUT2D eigenvalue weighted by Gasteiger charge is 2.11. The summed E-state index contributed by atoms with van der Waals surface area (Å²) in [5.41, 5.74) is 0.767. The van der Waals surface area contributed by atoms with Crippen molar-refractivity contribution in [1.82, 2.24) is 10.2 Å². The molecule has 0 spiro atoms. The molecule has 0 aliphatic heterocycles. The summed E-state index contributed by atoms with van der Waals surface area (Å²) in [6.45, 7) is 4.69. The lowest BCUT2D eigenvalue weighted by Gasteiger charge is -2.18. The molecule has 0 aliphatic rings. The Hall–Kier alpha value is -1.13. The highest BCUT2D eigenvalue weighted by Crippen LogP contribution is 2.19. The maximum absolute atomic E-state index is 13.3. The van der Waals surface area contributed by atoms with Gasteiger partial charge in [-0.2, -0.15) is 0 Å². The summed E-state index contributed by atoms with van der Waals surface area (Å²) >= 11 is 5.62. The van der Waals surface area contributed by atoms with E-state index in [9.17, 15) is 9.18 Å². The number of hydrogen-bond donors (Lipinski definition) is 1. The summed E-state index contributed by atoms with van der Waals surface area (Å²) < 4.78 is 13.3. The van der Waals surface area contributed by atoms with E-state index >= 15 is 0 Å². The highest BCUT2D eigenvalue weighted by molar-refractivity contribution is 6.30. The van der Waals surface area contributed by atoms with Crippen LogP contribution in [0, 0.1) is 5.82 Å². The van der Waals surface area contributed by atoms with E-state index in [1.807, 2.05) is 13.8 Å². The van der Waals surface area contributed by atoms with Crippen molar-refractivity contribution in [3.63, 3.8) is 0 Å². The second-order valence-electron chi connectivity index (χ2n) is 4.18. The van der Waals surface area contributed by atoms with Crippen molar-refractivity contribution >= 4 is 17.5 Å². The average molecular weight is 273 g/mol. The molecule has 1 aromatic carbocycles. The summed E-state index contributed by atoms with van der Waals surface area (Å²) in [6.07, 6.45) is 0. The summed E-state index contributed by atoms with van der Waals surface area (Å²) in [6, 6.07) is 4.54. The Morgan fingerprint density at radius 3 is 2.78 bits per heavy atom. The van der Waals surface area contributed by atoms with Gasteiger partial charge < -0.3 is 10.2 Å². The molecule has 0 fully saturated rings. The van der Waals surface area contributed by atoms with Gasteiger partial charge in [-0.1, -0.05) is 17.7 Å². The van der Waals surface area contributed by atoms with Crippen LogP contribution in [0.5, 0.6) is 0 Å². The molecule has 5 heteroatoms. The zero-order valence-electron chi connectivity index (χ0n) is 10.8. The zero-order valence-corrected chi connectivity index (χ0v) is 11.6. The van der Waals surface area contributed by atoms with Crippen molar-refractivity contribution in [2.75, 3.05) is 20.1 Å². The Morgan fingerprint density at radius 1 is 1.56 bits per heavy atom. The van der Waals surface area contributed by atoms with Crippen LogP contribution in [0.15, 0.2) is 18.2 Å². The molecule has 0 heterocycles. The molecule has 1 unspecified atom stereocenters. The molecule has 1 atom stereocenters. The SMILES string of the molecule is CCN(C)C(=O)CNC(C)c1ccc(Cl)c(F)c1. The quantitative estimate of drug-likeness (QED) is 0.894. The summed E-state index contributed by atoms with van der Waals surface area (Å²) in [5, 5.41) is 3.16. The monoisotopic (exact) mass is 272 g/mol. The van der Waals surface area contributed by atoms with E-state index in [1.165, 1.54) is 12.1 Å². The second-order valence-corrected chi connectivity index (χ2v) is 4.59. The van der Waals surface area contributed by atoms with Gasteiger partial charge >= 0.3 is 0 Å². The topological polar surface area (TPSA) is 32.3 Å². The van der Waals surface area contributed by atoms with E-state index in [0.717, 1.165) is 5.56 Å². The fourth-order valence-corrected chi connectivity index (χ4v) is 1.57. The van der Waals surface area contributed by atoms with E-state index in [2.05, 4.69) is 5.32 Å². The van der Waals surface area contributed by atoms with Crippen LogP contribution in [0.1, 0.15) is 25.5 Å². The van der Waals surface area contributed by atoms with E-state index in [-0.39, 0.29) is 23.5 Å². The first-order chi connectivity index (χ1) is 8.45. The highest BCUT2D eigenvalue weighted by atomic mass is 35.5. The van der Waals surface area contributed by atoms with Gasteiger partial charge in [0.25, 0.3) is 0 Å². The minimum absolute atomic E-state index is 0.0128. The van der Waals surface area contributed by atoms with Crippen molar-refractivity contribution in [3.05, 3.63) is 34.6 Å². The van der Waals surface area contributed by atoms with Gasteiger partial charge in [-0.15, -0.1) is 0 Å². The molecular weight excluding hydrogens is 255 g/mol. The Bertz CT molecular complexity index is 425. The van der Waals surface area contributed by atoms with Crippen LogP contribution in [0.3, 0.4) is 0 Å². The van der Waals surface area contributed by atoms with Gasteiger partial charge in [0.2, 0.25) is 5.91 Å². The largest absolute Gasteiger partial charge is 0.345 e. The molecule has 0 radical (unpaired) electrons. The fraction of sp³-hybridized carbons (Fsp3) is 0.462. The summed E-state index contributed by atoms with van der Waals surface area (Å²) in [4.78, 5) is 13.2. The predicted octanol–water partition coefficient (Wildman–Crippen LogP) is 2.61. The van der Waals surface area contributed by atoms with Crippen LogP contribution < -0.4 is 5.32 Å². The minimum Gasteiger partial charge on any atom is -0.345 e. The van der Waals surface area contributed by atoms with Gasteiger partial charge in [0.1, 0.15) is 5.82 Å². The van der Waals surface area contributed by atoms with Crippen LogP contribution in [0.25, 0.3) is 0 Å². The number of amides is 1. The van der Waals surface area contributed by atoms with Gasteiger partial charge in [-0.3, -0.25) is 4.79 Å². The molecule has 1 N–H and O–H groups in total. The molecule has 100 valence electrons. The first-order valence-electron chi connectivity index (χ1n) is 5.88. The maximum Gasteiger partial charge on any atom is 0.236 e. The van der Waals surface area contributed by atoms with Crippen molar-refractivity contribution < 1.29 is 9.18 Å². The number of rotatable bonds is 5. The van der Waals surface area contributed by atoms with Crippen LogP contribution in [-0.4, -0.2) is 30.9 Å². The number of hydrogen-bond acceptors (Lipinski definition) is 2. The Kier molecular flexibility index (Phi) is 5.56. The molecule has 1 amide bonds. The van der Waals surface area contributed by atoms with Gasteiger partial charge in [0.05, 0.1) is 11.6 Å². The minimum atomic E-state index is -0.445. The van der Waals surface area contributed by atoms with E-state index in [0.29, 0.717) is 6.54 Å². The molecular formula is C13H18ClFN2O. The molecule has 18 heavy (non-hydrogen) atoms. The van der Waals surface area contributed by atoms with E-state index in [1.54, 1.807) is 18.0 Å². The molecule has 0 aromatic heterocycles. The summed E-state index contributed by atoms with van der Waals surface area (Å²) in [7, 11) is 1.75. The molecule has 1 aromatic rings. The van der Waals surface area contributed by atoms with Crippen molar-refractivity contribution in [2.45, 2.75) is 19.9 Å². The van der Waals surface area contributed by atoms with Crippen LogP contribution >= 0.6 is 11.6 Å². The van der Waals surface area contributed by atoms with Crippen molar-refractivity contribution in [1.29, 1.82) is 0 Å². The Morgan fingerprint density at radius 2 is 2.22 bits per heavy atom. The van der Waals surface area contributed by atoms with Gasteiger partial charge in [-0.25, -0.2) is 4.39 Å². The first kappa shape index (κ1) is 14.9. The standard InChI is InChI=1S/C13H18ClFN2O/c1-4-17(3)13(18)8-16-9(2)10-5-6-11(14)12(15)7-10/h5-7,9,16H,4,8H2,1-3H3. The second kappa shape index (κ2) is 6.71. The maximum atomic E-state index is 13.3. The smallest absolute Gasteiger partial charge is 0.236 e. The van der Waals surface area contributed by atoms with Crippen molar-refractivity contribution in [2.24, 2.45) is 0 Å². The third kappa shape index (κ3) is 3.96. The van der Waals surface area contributed by atoms with E-state index in [4.69, 9.17) is 11.6 Å². The number of nitrogens with zero attached hydrogens (tertiary/aromatic N) is 1. The lowest BCUT2D eigenvalue weighted by Crippen LogP contribution is -2.36. The fourth-order valence-electron chi connectivity index (χ4n) is 1.45. The molecule has 0 saturated carbocycles. The lowest BCUT2D eigenvalue weighted by atomic mass is 10.1. The van der Waals surface area contributed by atoms with E-state index < -0.39 is 5.82 Å². The normalized spacial score (nSPS) is 12.3. The number of carbonyl (C=O) groups is 1. The molecule has 0 aliphatic carbocycles. The van der Waals surface area contributed by atoms with Crippen LogP contribution in [-0.2, 0) is 4.79 Å². The van der Waals surface area contributed by atoms with Crippen LogP contribution in [0.2, 0.25) is 5.02 Å². The number of likely N-dealkylation sites (N-methyl/N-ethyl adjacent to an activating group) is 1. The first-order valence-corrected chi connectivity index (χ1v) is 6.25. The molecule has 1 rings (SSSR count).